The van der Waals surface area contributed by atoms with Crippen LogP contribution in [0.3, 0.4) is 0 Å². The molecule has 0 N–H and O–H groups in total. The molecular formula is C28H26O3S. The van der Waals surface area contributed by atoms with E-state index in [1.165, 1.54) is 7.11 Å². The van der Waals surface area contributed by atoms with Crippen LogP contribution in [0.1, 0.15) is 18.1 Å². The number of hydrogen-bond acceptors (Lipinski definition) is 4. The van der Waals surface area contributed by atoms with Gasteiger partial charge in [-0.25, -0.2) is 0 Å². The van der Waals surface area contributed by atoms with E-state index in [1.54, 1.807) is 11.3 Å². The fourth-order valence-electron chi connectivity index (χ4n) is 3.74. The lowest BCUT2D eigenvalue weighted by molar-refractivity contribution is -0.144. The Morgan fingerprint density at radius 3 is 2.38 bits per heavy atom. The molecule has 4 rings (SSSR count). The van der Waals surface area contributed by atoms with E-state index in [0.29, 0.717) is 13.0 Å². The number of carbonyl (C=O) groups excluding carboxylic acids is 1. The van der Waals surface area contributed by atoms with Crippen molar-refractivity contribution in [1.29, 1.82) is 0 Å². The Labute approximate surface area is 193 Å². The third-order valence-electron chi connectivity index (χ3n) is 5.45. The number of methoxy groups -OCH3 is 1. The molecule has 0 saturated heterocycles. The van der Waals surface area contributed by atoms with Crippen LogP contribution >= 0.6 is 11.3 Å². The molecule has 0 radical (unpaired) electrons. The standard InChI is InChI=1S/C28H26O3S/c1-20(28(29)30-2)16-22-12-6-7-13-24(22)23-17-27(32-19-23)25-14-8-9-15-26(25)31-18-21-10-4-3-5-11-21/h3-15,17,19-20H,16,18H2,1-2H3. The van der Waals surface area contributed by atoms with Crippen molar-refractivity contribution in [1.82, 2.24) is 0 Å². The van der Waals surface area contributed by atoms with E-state index >= 15 is 0 Å². The minimum Gasteiger partial charge on any atom is -0.488 e. The number of thiophene rings is 1. The van der Waals surface area contributed by atoms with E-state index in [4.69, 9.17) is 9.47 Å². The summed E-state index contributed by atoms with van der Waals surface area (Å²) >= 11 is 1.70. The number of ether oxygens (including phenoxy) is 2. The summed E-state index contributed by atoms with van der Waals surface area (Å²) in [5.74, 6) is 0.499. The average Bonchev–Trinajstić information content (AvgIpc) is 3.33. The highest BCUT2D eigenvalue weighted by atomic mass is 32.1. The normalized spacial score (nSPS) is 11.7. The lowest BCUT2D eigenvalue weighted by Crippen LogP contribution is -2.15. The maximum atomic E-state index is 11.9. The Bertz CT molecular complexity index is 1180. The summed E-state index contributed by atoms with van der Waals surface area (Å²) in [6, 6.07) is 28.8. The van der Waals surface area contributed by atoms with Gasteiger partial charge in [-0.15, -0.1) is 11.3 Å². The van der Waals surface area contributed by atoms with E-state index in [0.717, 1.165) is 38.4 Å². The zero-order valence-corrected chi connectivity index (χ0v) is 19.1. The van der Waals surface area contributed by atoms with Gasteiger partial charge in [-0.05, 0) is 52.3 Å². The Morgan fingerprint density at radius 1 is 0.906 bits per heavy atom. The number of hydrogen-bond donors (Lipinski definition) is 0. The van der Waals surface area contributed by atoms with Crippen LogP contribution in [0.2, 0.25) is 0 Å². The topological polar surface area (TPSA) is 35.5 Å². The summed E-state index contributed by atoms with van der Waals surface area (Å²) in [5, 5.41) is 2.17. The van der Waals surface area contributed by atoms with Gasteiger partial charge in [-0.3, -0.25) is 4.79 Å². The number of carbonyl (C=O) groups is 1. The monoisotopic (exact) mass is 442 g/mol. The molecule has 0 fully saturated rings. The molecule has 32 heavy (non-hydrogen) atoms. The van der Waals surface area contributed by atoms with Crippen LogP contribution in [-0.2, 0) is 22.6 Å². The molecule has 0 aliphatic rings. The van der Waals surface area contributed by atoms with Gasteiger partial charge in [0.15, 0.2) is 0 Å². The number of benzene rings is 3. The van der Waals surface area contributed by atoms with Crippen molar-refractivity contribution in [2.45, 2.75) is 20.0 Å². The Morgan fingerprint density at radius 2 is 1.59 bits per heavy atom. The van der Waals surface area contributed by atoms with Gasteiger partial charge in [-0.2, -0.15) is 0 Å². The second-order valence-electron chi connectivity index (χ2n) is 7.76. The van der Waals surface area contributed by atoms with Gasteiger partial charge in [-0.1, -0.05) is 73.7 Å². The molecule has 3 nitrogen and oxygen atoms in total. The van der Waals surface area contributed by atoms with Crippen molar-refractivity contribution in [2.24, 2.45) is 5.92 Å². The van der Waals surface area contributed by atoms with E-state index < -0.39 is 0 Å². The molecule has 0 saturated carbocycles. The minimum absolute atomic E-state index is 0.185. The van der Waals surface area contributed by atoms with Crippen LogP contribution < -0.4 is 4.74 Å². The Kier molecular flexibility index (Phi) is 7.03. The van der Waals surface area contributed by atoms with E-state index in [2.05, 4.69) is 41.8 Å². The molecular weight excluding hydrogens is 416 g/mol. The van der Waals surface area contributed by atoms with Gasteiger partial charge in [0, 0.05) is 10.4 Å². The van der Waals surface area contributed by atoms with Gasteiger partial charge in [0.05, 0.1) is 13.0 Å². The Balaban J connectivity index is 1.59. The minimum atomic E-state index is -0.189. The first-order chi connectivity index (χ1) is 15.7. The molecule has 1 unspecified atom stereocenters. The molecule has 4 heteroatoms. The fraction of sp³-hybridized carbons (Fsp3) is 0.179. The fourth-order valence-corrected chi connectivity index (χ4v) is 4.68. The predicted molar refractivity (Wildman–Crippen MR) is 131 cm³/mol. The predicted octanol–water partition coefficient (Wildman–Crippen LogP) is 7.01. The first-order valence-electron chi connectivity index (χ1n) is 10.7. The molecule has 1 atom stereocenters. The zero-order valence-electron chi connectivity index (χ0n) is 18.3. The van der Waals surface area contributed by atoms with Crippen LogP contribution in [0.4, 0.5) is 0 Å². The van der Waals surface area contributed by atoms with E-state index in [-0.39, 0.29) is 11.9 Å². The molecule has 0 spiro atoms. The quantitative estimate of drug-likeness (QED) is 0.275. The Hall–Kier alpha value is -3.37. The smallest absolute Gasteiger partial charge is 0.308 e. The summed E-state index contributed by atoms with van der Waals surface area (Å²) in [6.45, 7) is 2.44. The van der Waals surface area contributed by atoms with Gasteiger partial charge in [0.1, 0.15) is 12.4 Å². The molecule has 0 amide bonds. The maximum Gasteiger partial charge on any atom is 0.308 e. The van der Waals surface area contributed by atoms with E-state index in [1.807, 2.05) is 55.5 Å². The molecule has 4 aromatic rings. The van der Waals surface area contributed by atoms with Crippen molar-refractivity contribution in [2.75, 3.05) is 7.11 Å². The number of esters is 1. The lowest BCUT2D eigenvalue weighted by atomic mass is 9.94. The molecule has 0 aliphatic heterocycles. The van der Waals surface area contributed by atoms with Crippen LogP contribution in [-0.4, -0.2) is 13.1 Å². The third-order valence-corrected chi connectivity index (χ3v) is 6.41. The highest BCUT2D eigenvalue weighted by Gasteiger charge is 2.17. The van der Waals surface area contributed by atoms with Crippen molar-refractivity contribution >= 4 is 17.3 Å². The summed E-state index contributed by atoms with van der Waals surface area (Å²) in [7, 11) is 1.44. The van der Waals surface area contributed by atoms with Gasteiger partial charge in [0.25, 0.3) is 0 Å². The molecule has 1 heterocycles. The SMILES string of the molecule is COC(=O)C(C)Cc1ccccc1-c1csc(-c2ccccc2OCc2ccccc2)c1. The number of para-hydroxylation sites is 1. The first-order valence-corrected chi connectivity index (χ1v) is 11.5. The maximum absolute atomic E-state index is 11.9. The average molecular weight is 443 g/mol. The summed E-state index contributed by atoms with van der Waals surface area (Å²) in [5.41, 5.74) is 5.66. The number of rotatable bonds is 8. The van der Waals surface area contributed by atoms with Crippen molar-refractivity contribution < 1.29 is 14.3 Å². The van der Waals surface area contributed by atoms with Crippen molar-refractivity contribution in [3.8, 4) is 27.3 Å². The summed E-state index contributed by atoms with van der Waals surface area (Å²) in [4.78, 5) is 13.1. The summed E-state index contributed by atoms with van der Waals surface area (Å²) < 4.78 is 11.1. The van der Waals surface area contributed by atoms with Gasteiger partial charge < -0.3 is 9.47 Å². The van der Waals surface area contributed by atoms with Crippen LogP contribution in [0.5, 0.6) is 5.75 Å². The first kappa shape index (κ1) is 21.8. The second kappa shape index (κ2) is 10.3. The van der Waals surface area contributed by atoms with E-state index in [9.17, 15) is 4.79 Å². The molecule has 1 aromatic heterocycles. The molecule has 0 bridgehead atoms. The molecule has 3 aromatic carbocycles. The van der Waals surface area contributed by atoms with Gasteiger partial charge in [0.2, 0.25) is 0 Å². The largest absolute Gasteiger partial charge is 0.488 e. The zero-order chi connectivity index (χ0) is 22.3. The van der Waals surface area contributed by atoms with Crippen molar-refractivity contribution in [3.05, 3.63) is 101 Å². The summed E-state index contributed by atoms with van der Waals surface area (Å²) in [6.07, 6.45) is 0.644. The van der Waals surface area contributed by atoms with Gasteiger partial charge >= 0.3 is 5.97 Å². The molecule has 0 aliphatic carbocycles. The third kappa shape index (κ3) is 5.09. The highest BCUT2D eigenvalue weighted by Crippen LogP contribution is 2.38. The van der Waals surface area contributed by atoms with Crippen LogP contribution in [0, 0.1) is 5.92 Å². The van der Waals surface area contributed by atoms with Crippen LogP contribution in [0.15, 0.2) is 90.3 Å². The van der Waals surface area contributed by atoms with Crippen LogP contribution in [0.25, 0.3) is 21.6 Å². The second-order valence-corrected chi connectivity index (χ2v) is 8.67. The highest BCUT2D eigenvalue weighted by molar-refractivity contribution is 7.14. The lowest BCUT2D eigenvalue weighted by Gasteiger charge is -2.13. The molecule has 162 valence electrons. The van der Waals surface area contributed by atoms with Crippen molar-refractivity contribution in [3.63, 3.8) is 0 Å².